The largest absolute Gasteiger partial charge is 0.355 e. The van der Waals surface area contributed by atoms with Crippen molar-refractivity contribution in [2.24, 2.45) is 0 Å². The van der Waals surface area contributed by atoms with Gasteiger partial charge >= 0.3 is 0 Å². The van der Waals surface area contributed by atoms with Gasteiger partial charge in [0.25, 0.3) is 5.56 Å². The Hall–Kier alpha value is -1.36. The average molecular weight is 222 g/mol. The molecule has 5 heteroatoms. The van der Waals surface area contributed by atoms with Crippen LogP contribution < -0.4 is 10.5 Å². The first-order valence-corrected chi connectivity index (χ1v) is 5.64. The van der Waals surface area contributed by atoms with E-state index < -0.39 is 0 Å². The van der Waals surface area contributed by atoms with Gasteiger partial charge in [0, 0.05) is 19.2 Å². The van der Waals surface area contributed by atoms with Crippen LogP contribution in [-0.4, -0.2) is 48.3 Å². The van der Waals surface area contributed by atoms with Crippen LogP contribution >= 0.6 is 0 Å². The topological polar surface area (TPSA) is 52.2 Å². The van der Waals surface area contributed by atoms with E-state index >= 15 is 0 Å². The number of hydrogen-bond donors (Lipinski definition) is 1. The summed E-state index contributed by atoms with van der Waals surface area (Å²) in [6, 6.07) is 3.82. The number of rotatable bonds is 2. The molecular weight excluding hydrogens is 204 g/mol. The summed E-state index contributed by atoms with van der Waals surface area (Å²) in [4.78, 5) is 15.4. The normalized spacial score (nSPS) is 18.6. The molecule has 0 bridgehead atoms. The van der Waals surface area contributed by atoms with Crippen LogP contribution in [0.2, 0.25) is 0 Å². The second-order valence-electron chi connectivity index (χ2n) is 4.42. The summed E-state index contributed by atoms with van der Waals surface area (Å²) in [7, 11) is 4.19. The third-order valence-corrected chi connectivity index (χ3v) is 3.26. The van der Waals surface area contributed by atoms with Gasteiger partial charge < -0.3 is 9.80 Å². The Morgan fingerprint density at radius 2 is 2.12 bits per heavy atom. The zero-order chi connectivity index (χ0) is 11.5. The molecule has 0 spiro atoms. The van der Waals surface area contributed by atoms with Gasteiger partial charge in [-0.15, -0.1) is 0 Å². The quantitative estimate of drug-likeness (QED) is 0.782. The Labute approximate surface area is 95.1 Å². The van der Waals surface area contributed by atoms with Crippen LogP contribution in [0.4, 0.5) is 5.82 Å². The van der Waals surface area contributed by atoms with Crippen LogP contribution in [0, 0.1) is 0 Å². The fourth-order valence-corrected chi connectivity index (χ4v) is 2.10. The molecule has 1 aliphatic rings. The monoisotopic (exact) mass is 222 g/mol. The van der Waals surface area contributed by atoms with E-state index in [1.807, 2.05) is 7.05 Å². The highest BCUT2D eigenvalue weighted by Crippen LogP contribution is 2.18. The fourth-order valence-electron chi connectivity index (χ4n) is 2.10. The number of likely N-dealkylation sites (tertiary alicyclic amines) is 1. The lowest BCUT2D eigenvalue weighted by molar-refractivity contribution is 0.252. The molecule has 0 amide bonds. The van der Waals surface area contributed by atoms with Gasteiger partial charge in [-0.05, 0) is 39.0 Å². The number of nitrogens with one attached hydrogen (secondary N) is 1. The highest BCUT2D eigenvalue weighted by molar-refractivity contribution is 5.36. The van der Waals surface area contributed by atoms with Gasteiger partial charge in [-0.1, -0.05) is 0 Å². The van der Waals surface area contributed by atoms with Crippen molar-refractivity contribution in [1.82, 2.24) is 15.1 Å². The number of aromatic nitrogens is 2. The van der Waals surface area contributed by atoms with Crippen molar-refractivity contribution in [3.8, 4) is 0 Å². The van der Waals surface area contributed by atoms with Crippen LogP contribution in [0.15, 0.2) is 16.9 Å². The lowest BCUT2D eigenvalue weighted by Gasteiger charge is -2.35. The van der Waals surface area contributed by atoms with E-state index in [2.05, 4.69) is 27.0 Å². The van der Waals surface area contributed by atoms with Crippen LogP contribution in [0.3, 0.4) is 0 Å². The molecule has 1 N–H and O–H groups in total. The average Bonchev–Trinajstić information content (AvgIpc) is 2.30. The summed E-state index contributed by atoms with van der Waals surface area (Å²) in [5.41, 5.74) is -0.152. The van der Waals surface area contributed by atoms with Crippen molar-refractivity contribution < 1.29 is 0 Å². The molecule has 2 rings (SSSR count). The Morgan fingerprint density at radius 1 is 1.44 bits per heavy atom. The summed E-state index contributed by atoms with van der Waals surface area (Å²) in [6.45, 7) is 2.25. The van der Waals surface area contributed by atoms with Crippen LogP contribution in [0.25, 0.3) is 0 Å². The van der Waals surface area contributed by atoms with E-state index in [9.17, 15) is 4.79 Å². The van der Waals surface area contributed by atoms with Crippen molar-refractivity contribution in [2.45, 2.75) is 18.9 Å². The number of nitrogens with zero attached hydrogens (tertiary/aromatic N) is 3. The molecule has 0 aliphatic carbocycles. The Morgan fingerprint density at radius 3 is 2.69 bits per heavy atom. The maximum absolute atomic E-state index is 10.9. The molecule has 1 aliphatic heterocycles. The predicted molar refractivity (Wildman–Crippen MR) is 63.8 cm³/mol. The van der Waals surface area contributed by atoms with E-state index in [1.54, 1.807) is 6.07 Å². The molecule has 1 fully saturated rings. The molecule has 88 valence electrons. The van der Waals surface area contributed by atoms with Crippen LogP contribution in [0.5, 0.6) is 0 Å². The number of anilines is 1. The maximum Gasteiger partial charge on any atom is 0.264 e. The molecular formula is C11H18N4O. The van der Waals surface area contributed by atoms with E-state index in [0.717, 1.165) is 31.7 Å². The molecule has 0 atom stereocenters. The summed E-state index contributed by atoms with van der Waals surface area (Å²) >= 11 is 0. The van der Waals surface area contributed by atoms with Gasteiger partial charge in [0.2, 0.25) is 0 Å². The van der Waals surface area contributed by atoms with Gasteiger partial charge in [0.1, 0.15) is 5.82 Å². The van der Waals surface area contributed by atoms with Crippen LogP contribution in [-0.2, 0) is 0 Å². The number of piperidine rings is 1. The SMILES string of the molecule is CN1CCC(N(C)c2ccc(=O)[nH]n2)CC1. The molecule has 1 saturated heterocycles. The van der Waals surface area contributed by atoms with Gasteiger partial charge in [0.15, 0.2) is 0 Å². The third-order valence-electron chi connectivity index (χ3n) is 3.26. The zero-order valence-electron chi connectivity index (χ0n) is 9.81. The number of H-pyrrole nitrogens is 1. The molecule has 5 nitrogen and oxygen atoms in total. The van der Waals surface area contributed by atoms with Crippen molar-refractivity contribution in [1.29, 1.82) is 0 Å². The highest BCUT2D eigenvalue weighted by Gasteiger charge is 2.21. The molecule has 0 radical (unpaired) electrons. The molecule has 16 heavy (non-hydrogen) atoms. The van der Waals surface area contributed by atoms with Crippen molar-refractivity contribution in [3.05, 3.63) is 22.5 Å². The lowest BCUT2D eigenvalue weighted by atomic mass is 10.0. The van der Waals surface area contributed by atoms with Crippen LogP contribution in [0.1, 0.15) is 12.8 Å². The minimum Gasteiger partial charge on any atom is -0.355 e. The Balaban J connectivity index is 2.04. The number of aromatic amines is 1. The van der Waals surface area contributed by atoms with Gasteiger partial charge in [0.05, 0.1) is 0 Å². The summed E-state index contributed by atoms with van der Waals surface area (Å²) in [5.74, 6) is 0.842. The maximum atomic E-state index is 10.9. The van der Waals surface area contributed by atoms with Gasteiger partial charge in [-0.25, -0.2) is 5.10 Å². The molecule has 0 unspecified atom stereocenters. The summed E-state index contributed by atoms with van der Waals surface area (Å²) < 4.78 is 0. The zero-order valence-corrected chi connectivity index (χ0v) is 9.81. The van der Waals surface area contributed by atoms with E-state index in [-0.39, 0.29) is 5.56 Å². The standard InChI is InChI=1S/C11H18N4O/c1-14-7-5-9(6-8-14)15(2)10-3-4-11(16)13-12-10/h3-4,9H,5-8H2,1-2H3,(H,13,16). The molecule has 0 saturated carbocycles. The Bertz CT molecular complexity index is 375. The van der Waals surface area contributed by atoms with Gasteiger partial charge in [-0.2, -0.15) is 5.10 Å². The molecule has 1 aromatic heterocycles. The first kappa shape index (κ1) is 11.1. The molecule has 2 heterocycles. The molecule has 1 aromatic rings. The summed E-state index contributed by atoms with van der Waals surface area (Å²) in [6.07, 6.45) is 2.29. The predicted octanol–water partition coefficient (Wildman–Crippen LogP) is 0.300. The summed E-state index contributed by atoms with van der Waals surface area (Å²) in [5, 5.41) is 6.52. The smallest absolute Gasteiger partial charge is 0.264 e. The van der Waals surface area contributed by atoms with Crippen molar-refractivity contribution in [2.75, 3.05) is 32.1 Å². The minimum absolute atomic E-state index is 0.152. The highest BCUT2D eigenvalue weighted by atomic mass is 16.1. The van der Waals surface area contributed by atoms with Crippen molar-refractivity contribution >= 4 is 5.82 Å². The van der Waals surface area contributed by atoms with Gasteiger partial charge in [-0.3, -0.25) is 4.79 Å². The second kappa shape index (κ2) is 4.65. The van der Waals surface area contributed by atoms with E-state index in [0.29, 0.717) is 6.04 Å². The van der Waals surface area contributed by atoms with E-state index in [1.165, 1.54) is 6.07 Å². The first-order valence-electron chi connectivity index (χ1n) is 5.64. The third kappa shape index (κ3) is 2.41. The first-order chi connectivity index (χ1) is 7.66. The minimum atomic E-state index is -0.152. The lowest BCUT2D eigenvalue weighted by Crippen LogP contribution is -2.42. The van der Waals surface area contributed by atoms with E-state index in [4.69, 9.17) is 0 Å². The number of hydrogen-bond acceptors (Lipinski definition) is 4. The van der Waals surface area contributed by atoms with Crippen molar-refractivity contribution in [3.63, 3.8) is 0 Å². The fraction of sp³-hybridized carbons (Fsp3) is 0.636. The second-order valence-corrected chi connectivity index (χ2v) is 4.42. The Kier molecular flexibility index (Phi) is 3.24. The molecule has 0 aromatic carbocycles.